The van der Waals surface area contributed by atoms with E-state index in [-0.39, 0.29) is 29.5 Å². The fourth-order valence-corrected chi connectivity index (χ4v) is 3.10. The number of nitrogens with zero attached hydrogens (tertiary/aromatic N) is 1. The summed E-state index contributed by atoms with van der Waals surface area (Å²) in [7, 11) is -1.79. The molecule has 0 aromatic heterocycles. The number of carbonyl (C=O) groups excluding carboxylic acids is 1. The van der Waals surface area contributed by atoms with Crippen LogP contribution in [0.1, 0.15) is 30.1 Å². The van der Waals surface area contributed by atoms with Gasteiger partial charge in [0.25, 0.3) is 5.91 Å². The van der Waals surface area contributed by atoms with Crippen molar-refractivity contribution in [2.24, 2.45) is 0 Å². The quantitative estimate of drug-likeness (QED) is 0.822. The van der Waals surface area contributed by atoms with E-state index in [4.69, 9.17) is 5.11 Å². The van der Waals surface area contributed by atoms with Crippen LogP contribution in [0, 0.1) is 0 Å². The summed E-state index contributed by atoms with van der Waals surface area (Å²) in [5.74, 6) is -1.25. The molecule has 116 valence electrons. The fraction of sp³-hybridized carbons (Fsp3) is 0.429. The van der Waals surface area contributed by atoms with Gasteiger partial charge in [0, 0.05) is 19.2 Å². The molecule has 1 aromatic carbocycles. The van der Waals surface area contributed by atoms with E-state index in [0.29, 0.717) is 12.0 Å². The molecule has 1 rings (SSSR count). The van der Waals surface area contributed by atoms with Crippen LogP contribution in [-0.4, -0.2) is 49.6 Å². The second-order valence-electron chi connectivity index (χ2n) is 4.71. The molecule has 1 amide bonds. The predicted molar refractivity (Wildman–Crippen MR) is 78.0 cm³/mol. The molecule has 1 aromatic rings. The molecule has 1 N–H and O–H groups in total. The molecule has 0 bridgehead atoms. The molecule has 0 atom stereocenters. The highest BCUT2D eigenvalue weighted by atomic mass is 32.2. The number of carboxylic acids is 1. The number of hydrogen-bond donors (Lipinski definition) is 1. The molecule has 0 heterocycles. The van der Waals surface area contributed by atoms with E-state index >= 15 is 0 Å². The summed E-state index contributed by atoms with van der Waals surface area (Å²) in [6, 6.07) is 5.71. The molecule has 0 radical (unpaired) electrons. The standard InChI is InChI=1S/C14H19NO5S/c1-3-10-21(19,20)12-6-4-11(5-7-12)14(18)15(2)9-8-13(16)17/h4-7H,3,8-10H2,1-2H3,(H,16,17). The van der Waals surface area contributed by atoms with Gasteiger partial charge in [-0.25, -0.2) is 8.42 Å². The van der Waals surface area contributed by atoms with Crippen LogP contribution in [0.5, 0.6) is 0 Å². The number of rotatable bonds is 7. The van der Waals surface area contributed by atoms with Crippen molar-refractivity contribution in [3.05, 3.63) is 29.8 Å². The van der Waals surface area contributed by atoms with Crippen LogP contribution < -0.4 is 0 Å². The first-order chi connectivity index (χ1) is 9.77. The summed E-state index contributed by atoms with van der Waals surface area (Å²) >= 11 is 0. The summed E-state index contributed by atoms with van der Waals surface area (Å²) in [4.78, 5) is 24.0. The Balaban J connectivity index is 2.82. The number of amides is 1. The number of sulfone groups is 1. The van der Waals surface area contributed by atoms with E-state index < -0.39 is 15.8 Å². The molecular weight excluding hydrogens is 294 g/mol. The van der Waals surface area contributed by atoms with Gasteiger partial charge in [-0.05, 0) is 30.7 Å². The zero-order valence-corrected chi connectivity index (χ0v) is 12.9. The molecule has 0 aliphatic carbocycles. The van der Waals surface area contributed by atoms with E-state index in [1.54, 1.807) is 6.92 Å². The number of aliphatic carboxylic acids is 1. The lowest BCUT2D eigenvalue weighted by molar-refractivity contribution is -0.137. The number of benzene rings is 1. The lowest BCUT2D eigenvalue weighted by Crippen LogP contribution is -2.29. The number of carbonyl (C=O) groups is 2. The van der Waals surface area contributed by atoms with Crippen molar-refractivity contribution < 1.29 is 23.1 Å². The highest BCUT2D eigenvalue weighted by Crippen LogP contribution is 2.14. The average molecular weight is 313 g/mol. The minimum atomic E-state index is -3.30. The smallest absolute Gasteiger partial charge is 0.305 e. The zero-order chi connectivity index (χ0) is 16.0. The van der Waals surface area contributed by atoms with Crippen LogP contribution in [-0.2, 0) is 14.6 Å². The topological polar surface area (TPSA) is 91.8 Å². The van der Waals surface area contributed by atoms with E-state index in [2.05, 4.69) is 0 Å². The van der Waals surface area contributed by atoms with Crippen molar-refractivity contribution >= 4 is 21.7 Å². The van der Waals surface area contributed by atoms with Crippen LogP contribution in [0.4, 0.5) is 0 Å². The third-order valence-electron chi connectivity index (χ3n) is 2.94. The maximum Gasteiger partial charge on any atom is 0.305 e. The van der Waals surface area contributed by atoms with Crippen LogP contribution in [0.25, 0.3) is 0 Å². The van der Waals surface area contributed by atoms with Crippen molar-refractivity contribution in [1.82, 2.24) is 4.90 Å². The summed E-state index contributed by atoms with van der Waals surface area (Å²) in [6.07, 6.45) is 0.395. The normalized spacial score (nSPS) is 11.1. The maximum absolute atomic E-state index is 12.0. The molecule has 0 unspecified atom stereocenters. The highest BCUT2D eigenvalue weighted by Gasteiger charge is 2.16. The molecule has 0 saturated heterocycles. The summed E-state index contributed by atoms with van der Waals surface area (Å²) < 4.78 is 23.7. The van der Waals surface area contributed by atoms with Gasteiger partial charge in [-0.3, -0.25) is 9.59 Å². The Morgan fingerprint density at radius 1 is 1.19 bits per heavy atom. The van der Waals surface area contributed by atoms with Gasteiger partial charge in [0.15, 0.2) is 9.84 Å². The Hall–Kier alpha value is -1.89. The molecule has 21 heavy (non-hydrogen) atoms. The van der Waals surface area contributed by atoms with Crippen molar-refractivity contribution in [2.75, 3.05) is 19.3 Å². The number of hydrogen-bond acceptors (Lipinski definition) is 4. The second kappa shape index (κ2) is 7.21. The Kier molecular flexibility index (Phi) is 5.90. The van der Waals surface area contributed by atoms with Crippen molar-refractivity contribution in [1.29, 1.82) is 0 Å². The Bertz CT molecular complexity index is 607. The molecule has 7 heteroatoms. The minimum absolute atomic E-state index is 0.0683. The van der Waals surface area contributed by atoms with Gasteiger partial charge in [-0.2, -0.15) is 0 Å². The molecule has 0 saturated carbocycles. The SMILES string of the molecule is CCCS(=O)(=O)c1ccc(C(=O)N(C)CCC(=O)O)cc1. The van der Waals surface area contributed by atoms with Crippen LogP contribution in [0.2, 0.25) is 0 Å². The van der Waals surface area contributed by atoms with Gasteiger partial charge < -0.3 is 10.0 Å². The zero-order valence-electron chi connectivity index (χ0n) is 12.1. The molecule has 0 aliphatic heterocycles. The average Bonchev–Trinajstić information content (AvgIpc) is 2.44. The van der Waals surface area contributed by atoms with Gasteiger partial charge in [0.05, 0.1) is 17.1 Å². The van der Waals surface area contributed by atoms with E-state index in [1.807, 2.05) is 0 Å². The first kappa shape index (κ1) is 17.2. The fourth-order valence-electron chi connectivity index (χ4n) is 1.78. The van der Waals surface area contributed by atoms with Crippen LogP contribution in [0.15, 0.2) is 29.2 Å². The highest BCUT2D eigenvalue weighted by molar-refractivity contribution is 7.91. The van der Waals surface area contributed by atoms with Crippen molar-refractivity contribution in [3.63, 3.8) is 0 Å². The van der Waals surface area contributed by atoms with Gasteiger partial charge >= 0.3 is 5.97 Å². The van der Waals surface area contributed by atoms with E-state index in [1.165, 1.54) is 36.2 Å². The Morgan fingerprint density at radius 3 is 2.24 bits per heavy atom. The lowest BCUT2D eigenvalue weighted by atomic mass is 10.2. The minimum Gasteiger partial charge on any atom is -0.481 e. The van der Waals surface area contributed by atoms with Crippen molar-refractivity contribution in [2.45, 2.75) is 24.7 Å². The third kappa shape index (κ3) is 4.86. The third-order valence-corrected chi connectivity index (χ3v) is 4.88. The monoisotopic (exact) mass is 313 g/mol. The van der Waals surface area contributed by atoms with Crippen LogP contribution >= 0.6 is 0 Å². The maximum atomic E-state index is 12.0. The van der Waals surface area contributed by atoms with Gasteiger partial charge in [-0.15, -0.1) is 0 Å². The summed E-state index contributed by atoms with van der Waals surface area (Å²) in [5.41, 5.74) is 0.332. The molecule has 0 aliphatic rings. The summed E-state index contributed by atoms with van der Waals surface area (Å²) in [6.45, 7) is 1.89. The molecule has 0 spiro atoms. The first-order valence-corrected chi connectivity index (χ1v) is 8.23. The van der Waals surface area contributed by atoms with Gasteiger partial charge in [-0.1, -0.05) is 6.92 Å². The lowest BCUT2D eigenvalue weighted by Gasteiger charge is -2.16. The number of carboxylic acid groups (broad SMARTS) is 1. The van der Waals surface area contributed by atoms with Crippen LogP contribution in [0.3, 0.4) is 0 Å². The molecule has 0 fully saturated rings. The van der Waals surface area contributed by atoms with E-state index in [0.717, 1.165) is 0 Å². The first-order valence-electron chi connectivity index (χ1n) is 6.58. The molecule has 6 nitrogen and oxygen atoms in total. The summed E-state index contributed by atoms with van der Waals surface area (Å²) in [5, 5.41) is 8.59. The largest absolute Gasteiger partial charge is 0.481 e. The van der Waals surface area contributed by atoms with Gasteiger partial charge in [0.2, 0.25) is 0 Å². The van der Waals surface area contributed by atoms with Gasteiger partial charge in [0.1, 0.15) is 0 Å². The predicted octanol–water partition coefficient (Wildman–Crippen LogP) is 1.42. The Morgan fingerprint density at radius 2 is 1.76 bits per heavy atom. The molecular formula is C14H19NO5S. The second-order valence-corrected chi connectivity index (χ2v) is 6.82. The Labute approximate surface area is 124 Å². The van der Waals surface area contributed by atoms with E-state index in [9.17, 15) is 18.0 Å². The van der Waals surface area contributed by atoms with Crippen molar-refractivity contribution in [3.8, 4) is 0 Å².